The van der Waals surface area contributed by atoms with Crippen LogP contribution in [0.2, 0.25) is 5.02 Å². The number of carboxylic acid groups (broad SMARTS) is 2. The van der Waals surface area contributed by atoms with Gasteiger partial charge in [-0.1, -0.05) is 28.5 Å². The van der Waals surface area contributed by atoms with E-state index in [1.807, 2.05) is 0 Å². The number of rotatable bonds is 12. The number of anilines is 1. The number of aliphatic carboxylic acids is 2. The van der Waals surface area contributed by atoms with E-state index >= 15 is 0 Å². The van der Waals surface area contributed by atoms with Gasteiger partial charge in [0.05, 0.1) is 29.4 Å². The van der Waals surface area contributed by atoms with E-state index in [0.717, 1.165) is 45.1 Å². The van der Waals surface area contributed by atoms with Gasteiger partial charge >= 0.3 is 18.0 Å². The second kappa shape index (κ2) is 12.7. The lowest BCUT2D eigenvalue weighted by Gasteiger charge is -2.40. The molecule has 1 aromatic carbocycles. The first-order chi connectivity index (χ1) is 22.9. The molecule has 2 aromatic rings. The molecule has 3 fully saturated rings. The van der Waals surface area contributed by atoms with Crippen molar-refractivity contribution in [3.05, 3.63) is 33.8 Å². The number of carbonyl (C=O) groups excluding carboxylic acids is 4. The summed E-state index contributed by atoms with van der Waals surface area (Å²) < 4.78 is 0. The Balaban J connectivity index is 1.37. The minimum atomic E-state index is -2.02. The molecule has 0 radical (unpaired) electrons. The molecule has 3 saturated heterocycles. The van der Waals surface area contributed by atoms with Crippen LogP contribution in [-0.4, -0.2) is 123 Å². The number of hydrogen-bond donors (Lipinski definition) is 6. The molecule has 0 bridgehead atoms. The lowest BCUT2D eigenvalue weighted by atomic mass is 9.90. The Morgan fingerprint density at radius 2 is 1.86 bits per heavy atom. The summed E-state index contributed by atoms with van der Waals surface area (Å²) in [6.07, 6.45) is -0.484. The van der Waals surface area contributed by atoms with Gasteiger partial charge in [-0.05, 0) is 26.0 Å². The molecule has 4 amide bonds. The predicted molar refractivity (Wildman–Crippen MR) is 172 cm³/mol. The molecule has 260 valence electrons. The molecule has 0 aliphatic carbocycles. The Labute approximate surface area is 288 Å². The third-order valence-electron chi connectivity index (χ3n) is 7.83. The monoisotopic (exact) mass is 738 g/mol. The predicted octanol–water partition coefficient (Wildman–Crippen LogP) is 0.272. The number of fused-ring (bicyclic) bond motifs is 1. The maximum absolute atomic E-state index is 13.6. The minimum Gasteiger partial charge on any atom is -0.504 e. The fourth-order valence-corrected chi connectivity index (χ4v) is 7.62. The number of aromatic nitrogens is 1. The van der Waals surface area contributed by atoms with Crippen molar-refractivity contribution in [1.29, 1.82) is 0 Å². The zero-order chi connectivity index (χ0) is 36.2. The molecule has 3 atom stereocenters. The van der Waals surface area contributed by atoms with Gasteiger partial charge in [0.2, 0.25) is 16.4 Å². The van der Waals surface area contributed by atoms with Gasteiger partial charge in [-0.3, -0.25) is 19.3 Å². The van der Waals surface area contributed by atoms with Crippen LogP contribution in [0.5, 0.6) is 11.5 Å². The molecule has 0 spiro atoms. The number of thioether (sulfide) groups is 1. The number of urea groups is 1. The number of phenolic OH excluding ortho intramolecular Hbond substituents is 2. The average molecular weight is 739 g/mol. The molecule has 0 unspecified atom stereocenters. The topological polar surface area (TPSA) is 292 Å². The molecule has 49 heavy (non-hydrogen) atoms. The molecule has 5 rings (SSSR count). The van der Waals surface area contributed by atoms with Crippen LogP contribution < -0.4 is 11.5 Å². The second-order valence-electron chi connectivity index (χ2n) is 11.4. The quantitative estimate of drug-likeness (QED) is 0.0738. The largest absolute Gasteiger partial charge is 0.504 e. The van der Waals surface area contributed by atoms with E-state index in [1.165, 1.54) is 24.1 Å². The van der Waals surface area contributed by atoms with E-state index in [2.05, 4.69) is 15.2 Å². The first-order valence-corrected chi connectivity index (χ1v) is 16.2. The van der Waals surface area contributed by atoms with E-state index < -0.39 is 98.2 Å². The summed E-state index contributed by atoms with van der Waals surface area (Å²) in [7, 11) is 0. The van der Waals surface area contributed by atoms with Gasteiger partial charge in [-0.25, -0.2) is 24.4 Å². The van der Waals surface area contributed by atoms with Gasteiger partial charge in [-0.15, -0.1) is 11.3 Å². The first kappa shape index (κ1) is 35.2. The van der Waals surface area contributed by atoms with Crippen molar-refractivity contribution >= 4 is 86.8 Å². The molecule has 19 nitrogen and oxygen atoms in total. The summed E-state index contributed by atoms with van der Waals surface area (Å²) in [5.74, 6) is -7.71. The summed E-state index contributed by atoms with van der Waals surface area (Å²) in [5, 5.41) is 48.1. The Hall–Kier alpha value is -5.15. The van der Waals surface area contributed by atoms with Crippen LogP contribution in [-0.2, 0) is 28.8 Å². The second-order valence-corrected chi connectivity index (χ2v) is 14.0. The molecule has 3 aliphatic rings. The normalized spacial score (nSPS) is 22.6. The number of nitrogens with two attached hydrogens (primary N) is 2. The lowest BCUT2D eigenvalue weighted by Crippen LogP contribution is -2.59. The Morgan fingerprint density at radius 3 is 2.45 bits per heavy atom. The van der Waals surface area contributed by atoms with Crippen molar-refractivity contribution in [2.45, 2.75) is 36.1 Å². The van der Waals surface area contributed by atoms with Crippen molar-refractivity contribution in [2.75, 3.05) is 25.4 Å². The Morgan fingerprint density at radius 1 is 1.16 bits per heavy atom. The number of β-lactam (4-membered cyclic amide) rings is 1. The molecular formula is C27H27ClN8O11S2. The van der Waals surface area contributed by atoms with Gasteiger partial charge in [-0.2, -0.15) is 5.10 Å². The van der Waals surface area contributed by atoms with E-state index in [0.29, 0.717) is 0 Å². The Bertz CT molecular complexity index is 1870. The van der Waals surface area contributed by atoms with Crippen LogP contribution in [0.3, 0.4) is 0 Å². The number of Topliss-reactive ketones (excluding diaryl/α,β-unsaturated/α-hetero) is 1. The molecule has 22 heteroatoms. The van der Waals surface area contributed by atoms with Crippen LogP contribution in [0.15, 0.2) is 27.8 Å². The zero-order valence-electron chi connectivity index (χ0n) is 25.4. The van der Waals surface area contributed by atoms with E-state index in [-0.39, 0.29) is 29.5 Å². The number of hydrazone groups is 1. The first-order valence-electron chi connectivity index (χ1n) is 14.0. The summed E-state index contributed by atoms with van der Waals surface area (Å²) in [6.45, 7) is 1.55. The highest BCUT2D eigenvalue weighted by Crippen LogP contribution is 2.53. The molecule has 0 saturated carbocycles. The number of ketones is 1. The van der Waals surface area contributed by atoms with Crippen LogP contribution >= 0.6 is 34.7 Å². The minimum absolute atomic E-state index is 0.0151. The maximum atomic E-state index is 13.6. The van der Waals surface area contributed by atoms with Gasteiger partial charge in [0.1, 0.15) is 5.69 Å². The highest BCUT2D eigenvalue weighted by molar-refractivity contribution is 8.02. The number of oxime groups is 1. The fraction of sp³-hybridized carbons (Fsp3) is 0.370. The maximum Gasteiger partial charge on any atom is 0.350 e. The number of carbonyl (C=O) groups is 6. The van der Waals surface area contributed by atoms with Crippen LogP contribution in [0.1, 0.15) is 31.5 Å². The molecule has 8 N–H and O–H groups in total. The number of aromatic hydroxyl groups is 2. The molecule has 3 aliphatic heterocycles. The average Bonchev–Trinajstić information content (AvgIpc) is 3.73. The highest BCUT2D eigenvalue weighted by atomic mass is 35.5. The number of nitrogens with zero attached hydrogens (tertiary/aromatic N) is 6. The fourth-order valence-electron chi connectivity index (χ4n) is 5.13. The van der Waals surface area contributed by atoms with Gasteiger partial charge in [0, 0.05) is 23.9 Å². The van der Waals surface area contributed by atoms with Crippen LogP contribution in [0.25, 0.3) is 0 Å². The summed E-state index contributed by atoms with van der Waals surface area (Å²) in [6, 6.07) is 1.21. The number of benzene rings is 1. The number of phenols is 2. The van der Waals surface area contributed by atoms with Crippen molar-refractivity contribution in [1.82, 2.24) is 19.8 Å². The third-order valence-corrected chi connectivity index (χ3v) is 10.6. The van der Waals surface area contributed by atoms with Crippen molar-refractivity contribution in [3.63, 3.8) is 0 Å². The summed E-state index contributed by atoms with van der Waals surface area (Å²) in [5.41, 5.74) is 8.16. The number of thiazole rings is 1. The smallest absolute Gasteiger partial charge is 0.350 e. The number of carboxylic acids is 2. The van der Waals surface area contributed by atoms with E-state index in [9.17, 15) is 49.2 Å². The van der Waals surface area contributed by atoms with Crippen molar-refractivity contribution < 1.29 is 54.0 Å². The summed E-state index contributed by atoms with van der Waals surface area (Å²) in [4.78, 5) is 86.1. The third kappa shape index (κ3) is 6.15. The number of halogens is 1. The molecule has 1 aromatic heterocycles. The standard InChI is InChI=1S/C27H27ClN8O11S2/c1-26(2,22(42)43)47-33-17(12-8-48-24(30)31-12)14(38)7-11-20(41)34-9-27(23(44)45,49-21(11)34)35-5-6-36(25(35)46)32-16(19(29)40)10-3-4-13(37)18(39)15(10)28/h3-4,8,11,21,37,39H,5-7,9H2,1-2H3,(H2,29,40)(H2,30,31)(H,42,43)(H,44,45)/b32-16-,33-17-/t11-,21-,27-/m1/s1. The van der Waals surface area contributed by atoms with E-state index in [4.69, 9.17) is 27.9 Å². The molecular weight excluding hydrogens is 712 g/mol. The molecule has 4 heterocycles. The number of amides is 4. The SMILES string of the molecule is CC(C)(O/N=C(\C(=O)C[C@@H]1C(=O)N2C[C@@](C(=O)O)(N3CCN(/N=C(\C(N)=O)c4ccc(O)c(O)c4Cl)C3=O)S[C@H]12)c1csc(N)n1)C(=O)O. The van der Waals surface area contributed by atoms with Crippen LogP contribution in [0, 0.1) is 5.92 Å². The van der Waals surface area contributed by atoms with Crippen LogP contribution in [0.4, 0.5) is 9.93 Å². The number of nitrogen functional groups attached to an aromatic ring is 1. The van der Waals surface area contributed by atoms with Gasteiger partial charge in [0.25, 0.3) is 5.91 Å². The van der Waals surface area contributed by atoms with Crippen molar-refractivity contribution in [2.24, 2.45) is 21.9 Å². The number of primary amides is 1. The van der Waals surface area contributed by atoms with Gasteiger partial charge < -0.3 is 41.6 Å². The van der Waals surface area contributed by atoms with E-state index in [1.54, 1.807) is 0 Å². The zero-order valence-corrected chi connectivity index (χ0v) is 27.8. The van der Waals surface area contributed by atoms with Gasteiger partial charge in [0.15, 0.2) is 33.8 Å². The highest BCUT2D eigenvalue weighted by Gasteiger charge is 2.66. The van der Waals surface area contributed by atoms with Crippen molar-refractivity contribution in [3.8, 4) is 11.5 Å². The lowest BCUT2D eigenvalue weighted by molar-refractivity contribution is -0.161. The number of hydrogen-bond acceptors (Lipinski definition) is 15. The Kier molecular flexibility index (Phi) is 9.12. The summed E-state index contributed by atoms with van der Waals surface area (Å²) >= 11 is 7.80.